The normalized spacial score (nSPS) is 15.2. The van der Waals surface area contributed by atoms with Gasteiger partial charge in [-0.05, 0) is 116 Å². The molecule has 18 nitrogen and oxygen atoms in total. The Balaban J connectivity index is 0.000000170. The largest absolute Gasteiger partial charge is 0.384 e. The highest BCUT2D eigenvalue weighted by molar-refractivity contribution is 6.32. The minimum atomic E-state index is -0.374. The van der Waals surface area contributed by atoms with Crippen molar-refractivity contribution in [3.8, 4) is 17.1 Å². The Bertz CT molecular complexity index is 3100. The minimum Gasteiger partial charge on any atom is -0.384 e. The maximum absolute atomic E-state index is 14.5. The number of rotatable bonds is 18. The van der Waals surface area contributed by atoms with Gasteiger partial charge in [-0.3, -0.25) is 42.8 Å². The standard InChI is InChI=1S/C20H27FN4O2.C19H25FN4O2.C18H23ClN4O2/c1-15-13-20(26)25(16(2)23-15)17-5-6-19(18(21)14-17)22-7-3-4-8-24-9-11-27-12-10-24;1-14-12-19(25)24(15(2)22-14)16-4-5-18(17(20)13-16)21-6-3-7-23-8-10-26-11-9-23;1-13-11-18(24)23(14(2)21-13)17-4-3-15(12-16(17)19)20-5-6-22-7-9-25-10-8-22/h5-6,13-14,22H,3-4,7-12H2,1-2H3;4-5,12-13,21H,3,6-11H2,1-2H3;3-4,11-12,20H,5-10H2,1-2H3. The maximum Gasteiger partial charge on any atom is 0.258 e. The molecule has 0 unspecified atom stereocenters. The van der Waals surface area contributed by atoms with Crippen molar-refractivity contribution in [3.63, 3.8) is 0 Å². The van der Waals surface area contributed by atoms with E-state index in [2.05, 4.69) is 45.6 Å². The fourth-order valence-corrected chi connectivity index (χ4v) is 9.82. The van der Waals surface area contributed by atoms with Crippen molar-refractivity contribution < 1.29 is 23.0 Å². The number of aromatic nitrogens is 6. The Morgan fingerprint density at radius 2 is 0.885 bits per heavy atom. The summed E-state index contributed by atoms with van der Waals surface area (Å²) < 4.78 is 49.3. The quantitative estimate of drug-likeness (QED) is 0.0759. The van der Waals surface area contributed by atoms with E-state index in [9.17, 15) is 23.2 Å². The summed E-state index contributed by atoms with van der Waals surface area (Å²) in [6.45, 7) is 26.5. The van der Waals surface area contributed by atoms with Crippen molar-refractivity contribution in [3.05, 3.63) is 155 Å². The zero-order valence-corrected chi connectivity index (χ0v) is 46.6. The molecule has 0 aliphatic carbocycles. The number of hydrogen-bond donors (Lipinski definition) is 3. The molecule has 9 rings (SSSR count). The Labute approximate surface area is 460 Å². The van der Waals surface area contributed by atoms with Gasteiger partial charge in [-0.1, -0.05) is 11.6 Å². The summed E-state index contributed by atoms with van der Waals surface area (Å²) in [6.07, 6.45) is 2.97. The number of hydrogen-bond acceptors (Lipinski definition) is 15. The maximum atomic E-state index is 14.5. The first-order valence-corrected chi connectivity index (χ1v) is 27.2. The number of halogens is 3. The van der Waals surface area contributed by atoms with E-state index >= 15 is 0 Å². The fraction of sp³-hybridized carbons (Fsp3) is 0.474. The number of ether oxygens (including phenoxy) is 3. The first-order valence-electron chi connectivity index (χ1n) is 26.9. The van der Waals surface area contributed by atoms with Gasteiger partial charge in [0.15, 0.2) is 0 Å². The van der Waals surface area contributed by atoms with Gasteiger partial charge < -0.3 is 30.2 Å². The van der Waals surface area contributed by atoms with Crippen LogP contribution in [0.4, 0.5) is 25.8 Å². The van der Waals surface area contributed by atoms with Crippen LogP contribution in [0.5, 0.6) is 0 Å². The second kappa shape index (κ2) is 29.5. The van der Waals surface area contributed by atoms with Crippen LogP contribution < -0.4 is 32.6 Å². The lowest BCUT2D eigenvalue weighted by atomic mass is 10.2. The molecule has 3 aromatic heterocycles. The number of aryl methyl sites for hydroxylation is 6. The smallest absolute Gasteiger partial charge is 0.258 e. The van der Waals surface area contributed by atoms with Crippen LogP contribution in [-0.2, 0) is 14.2 Å². The lowest BCUT2D eigenvalue weighted by molar-refractivity contribution is 0.0373. The second-order valence-corrected chi connectivity index (χ2v) is 20.0. The van der Waals surface area contributed by atoms with Crippen molar-refractivity contribution in [1.82, 2.24) is 43.4 Å². The molecule has 21 heteroatoms. The van der Waals surface area contributed by atoms with E-state index in [1.54, 1.807) is 58.9 Å². The molecule has 3 N–H and O–H groups in total. The molecule has 3 aromatic carbocycles. The van der Waals surface area contributed by atoms with Crippen molar-refractivity contribution in [2.75, 3.05) is 134 Å². The average molecular weight is 1100 g/mol. The van der Waals surface area contributed by atoms with E-state index in [1.807, 2.05) is 25.1 Å². The summed E-state index contributed by atoms with van der Waals surface area (Å²) in [6, 6.07) is 19.6. The van der Waals surface area contributed by atoms with Crippen LogP contribution >= 0.6 is 11.6 Å². The molecular weight excluding hydrogens is 1020 g/mol. The van der Waals surface area contributed by atoms with Gasteiger partial charge in [-0.2, -0.15) is 0 Å². The van der Waals surface area contributed by atoms with Gasteiger partial charge in [0.2, 0.25) is 0 Å². The fourth-order valence-electron chi connectivity index (χ4n) is 9.55. The van der Waals surface area contributed by atoms with E-state index < -0.39 is 0 Å². The number of unbranched alkanes of at least 4 members (excludes halogenated alkanes) is 1. The number of morpholine rings is 3. The summed E-state index contributed by atoms with van der Waals surface area (Å²) in [5.74, 6) is 0.970. The molecule has 3 aliphatic rings. The SMILES string of the molecule is Cc1cc(=O)n(-c2ccc(NCCCCN3CCOCC3)c(F)c2)c(C)n1.Cc1cc(=O)n(-c2ccc(NCCCN3CCOCC3)c(F)c2)c(C)n1.Cc1cc(=O)n(-c2ccc(NCCN3CCOCC3)cc2Cl)c(C)n1. The Morgan fingerprint density at radius 1 is 0.474 bits per heavy atom. The molecule has 3 saturated heterocycles. The Kier molecular flexibility index (Phi) is 22.5. The predicted molar refractivity (Wildman–Crippen MR) is 304 cm³/mol. The van der Waals surface area contributed by atoms with Crippen LogP contribution in [0.15, 0.2) is 87.2 Å². The number of nitrogens with zero attached hydrogens (tertiary/aromatic N) is 9. The number of anilines is 3. The topological polar surface area (TPSA) is 178 Å². The summed E-state index contributed by atoms with van der Waals surface area (Å²) in [4.78, 5) is 56.7. The van der Waals surface area contributed by atoms with Gasteiger partial charge in [-0.15, -0.1) is 0 Å². The molecule has 0 spiro atoms. The third-order valence-electron chi connectivity index (χ3n) is 13.5. The molecule has 6 heterocycles. The molecule has 0 atom stereocenters. The molecule has 0 radical (unpaired) electrons. The van der Waals surface area contributed by atoms with Crippen molar-refractivity contribution in [2.45, 2.75) is 60.8 Å². The highest BCUT2D eigenvalue weighted by Gasteiger charge is 2.16. The first kappa shape index (κ1) is 59.3. The van der Waals surface area contributed by atoms with E-state index in [1.165, 1.54) is 44.0 Å². The van der Waals surface area contributed by atoms with Crippen LogP contribution in [0.25, 0.3) is 17.1 Å². The third-order valence-corrected chi connectivity index (χ3v) is 13.8. The van der Waals surface area contributed by atoms with Crippen LogP contribution in [-0.4, -0.2) is 162 Å². The summed E-state index contributed by atoms with van der Waals surface area (Å²) >= 11 is 6.42. The second-order valence-electron chi connectivity index (χ2n) is 19.6. The van der Waals surface area contributed by atoms with Gasteiger partial charge in [0.25, 0.3) is 16.7 Å². The average Bonchev–Trinajstić information content (AvgIpc) is 3.41. The molecule has 78 heavy (non-hydrogen) atoms. The van der Waals surface area contributed by atoms with Crippen LogP contribution in [0, 0.1) is 53.2 Å². The van der Waals surface area contributed by atoms with Crippen LogP contribution in [0.2, 0.25) is 5.02 Å². The van der Waals surface area contributed by atoms with Crippen molar-refractivity contribution >= 4 is 28.7 Å². The lowest BCUT2D eigenvalue weighted by Crippen LogP contribution is -2.39. The number of benzene rings is 3. The molecule has 0 amide bonds. The number of nitrogens with one attached hydrogen (secondary N) is 3. The van der Waals surface area contributed by atoms with Gasteiger partial charge in [0, 0.05) is 119 Å². The van der Waals surface area contributed by atoms with E-state index in [0.717, 1.165) is 130 Å². The predicted octanol–water partition coefficient (Wildman–Crippen LogP) is 6.88. The monoisotopic (exact) mass is 1100 g/mol. The van der Waals surface area contributed by atoms with E-state index in [0.29, 0.717) is 81.1 Å². The van der Waals surface area contributed by atoms with Gasteiger partial charge in [0.1, 0.15) is 29.1 Å². The summed E-state index contributed by atoms with van der Waals surface area (Å²) in [7, 11) is 0. The van der Waals surface area contributed by atoms with E-state index in [-0.39, 0.29) is 28.3 Å². The zero-order chi connectivity index (χ0) is 55.6. The van der Waals surface area contributed by atoms with Crippen molar-refractivity contribution in [1.29, 1.82) is 0 Å². The van der Waals surface area contributed by atoms with Crippen LogP contribution in [0.1, 0.15) is 53.8 Å². The molecular formula is C57H75ClF2N12O6. The highest BCUT2D eigenvalue weighted by atomic mass is 35.5. The summed E-state index contributed by atoms with van der Waals surface area (Å²) in [5, 5.41) is 10.2. The highest BCUT2D eigenvalue weighted by Crippen LogP contribution is 2.25. The molecule has 0 saturated carbocycles. The van der Waals surface area contributed by atoms with Crippen LogP contribution in [0.3, 0.4) is 0 Å². The lowest BCUT2D eigenvalue weighted by Gasteiger charge is -2.26. The first-order chi connectivity index (χ1) is 37.6. The molecule has 3 fully saturated rings. The molecule has 3 aliphatic heterocycles. The van der Waals surface area contributed by atoms with Gasteiger partial charge >= 0.3 is 0 Å². The zero-order valence-electron chi connectivity index (χ0n) is 45.9. The molecule has 420 valence electrons. The Hall–Kier alpha value is -6.39. The van der Waals surface area contributed by atoms with Gasteiger partial charge in [-0.25, -0.2) is 23.7 Å². The Morgan fingerprint density at radius 3 is 1.31 bits per heavy atom. The molecule has 6 aromatic rings. The van der Waals surface area contributed by atoms with E-state index in [4.69, 9.17) is 25.8 Å². The van der Waals surface area contributed by atoms with Gasteiger partial charge in [0.05, 0.1) is 73.1 Å². The molecule has 0 bridgehead atoms. The summed E-state index contributed by atoms with van der Waals surface area (Å²) in [5.41, 5.74) is 4.93. The minimum absolute atomic E-state index is 0.125. The van der Waals surface area contributed by atoms with Crippen molar-refractivity contribution in [2.24, 2.45) is 0 Å². The third kappa shape index (κ3) is 17.3.